The molecule has 3 amide bonds. The molecular formula is C37H53Cl2N3O4Si. The maximum atomic E-state index is 13.7. The first-order valence-electron chi connectivity index (χ1n) is 17.2. The fourth-order valence-corrected chi connectivity index (χ4v) is 14.2. The van der Waals surface area contributed by atoms with E-state index in [0.29, 0.717) is 44.8 Å². The highest BCUT2D eigenvalue weighted by atomic mass is 35.5. The fraction of sp³-hybridized carbons (Fsp3) is 0.595. The van der Waals surface area contributed by atoms with Gasteiger partial charge in [0.15, 0.2) is 0 Å². The highest BCUT2D eigenvalue weighted by molar-refractivity contribution is 6.77. The molecule has 7 nitrogen and oxygen atoms in total. The van der Waals surface area contributed by atoms with Crippen LogP contribution in [0, 0.1) is 5.92 Å². The van der Waals surface area contributed by atoms with Crippen molar-refractivity contribution in [3.63, 3.8) is 0 Å². The summed E-state index contributed by atoms with van der Waals surface area (Å²) in [6.45, 7) is 14.8. The average Bonchev–Trinajstić information content (AvgIpc) is 3.39. The summed E-state index contributed by atoms with van der Waals surface area (Å²) in [5, 5.41) is 3.71. The summed E-state index contributed by atoms with van der Waals surface area (Å²) in [4.78, 5) is 41.5. The Labute approximate surface area is 292 Å². The third kappa shape index (κ3) is 8.43. The van der Waals surface area contributed by atoms with Crippen molar-refractivity contribution in [1.29, 1.82) is 0 Å². The first kappa shape index (κ1) is 37.4. The van der Waals surface area contributed by atoms with Crippen LogP contribution >= 0.6 is 23.2 Å². The SMILES string of the molecule is CC(C)[Si](OC1CCC(N2CC[C@@H](Cc3c(Cl)cc(-c4ccc(C(=O)NCC(=O)N(C)C)cc4)cc3Cl)C2=O)CC1)(C(C)C)C(C)C. The van der Waals surface area contributed by atoms with Gasteiger partial charge < -0.3 is 19.5 Å². The minimum Gasteiger partial charge on any atom is -0.413 e. The molecule has 0 bridgehead atoms. The van der Waals surface area contributed by atoms with Gasteiger partial charge in [0.05, 0.1) is 6.54 Å². The van der Waals surface area contributed by atoms with Crippen molar-refractivity contribution in [1.82, 2.24) is 15.1 Å². The topological polar surface area (TPSA) is 79.0 Å². The Morgan fingerprint density at radius 1 is 0.894 bits per heavy atom. The van der Waals surface area contributed by atoms with Crippen molar-refractivity contribution in [2.24, 2.45) is 5.92 Å². The molecule has 258 valence electrons. The number of hydrogen-bond acceptors (Lipinski definition) is 4. The quantitative estimate of drug-likeness (QED) is 0.226. The van der Waals surface area contributed by atoms with Gasteiger partial charge in [0, 0.05) is 54.3 Å². The molecule has 2 aromatic carbocycles. The first-order valence-corrected chi connectivity index (χ1v) is 20.1. The van der Waals surface area contributed by atoms with E-state index >= 15 is 0 Å². The minimum absolute atomic E-state index is 0.0607. The van der Waals surface area contributed by atoms with E-state index in [1.165, 1.54) is 4.90 Å². The maximum absolute atomic E-state index is 13.7. The van der Waals surface area contributed by atoms with E-state index in [4.69, 9.17) is 27.6 Å². The number of hydrogen-bond donors (Lipinski definition) is 1. The molecule has 1 aliphatic heterocycles. The Balaban J connectivity index is 1.35. The number of rotatable bonds is 12. The number of benzene rings is 2. The molecule has 10 heteroatoms. The van der Waals surface area contributed by atoms with Gasteiger partial charge in [-0.1, -0.05) is 76.9 Å². The first-order chi connectivity index (χ1) is 22.1. The molecule has 1 N–H and O–H groups in total. The van der Waals surface area contributed by atoms with Crippen molar-refractivity contribution < 1.29 is 18.8 Å². The molecule has 2 aliphatic rings. The van der Waals surface area contributed by atoms with Crippen molar-refractivity contribution in [2.45, 2.75) is 109 Å². The molecule has 2 fully saturated rings. The van der Waals surface area contributed by atoms with E-state index in [9.17, 15) is 14.4 Å². The smallest absolute Gasteiger partial charge is 0.251 e. The van der Waals surface area contributed by atoms with Crippen LogP contribution in [-0.2, 0) is 20.4 Å². The van der Waals surface area contributed by atoms with Crippen LogP contribution in [0.3, 0.4) is 0 Å². The number of carbonyl (C=O) groups excluding carboxylic acids is 3. The zero-order valence-electron chi connectivity index (χ0n) is 29.4. The van der Waals surface area contributed by atoms with Crippen molar-refractivity contribution >= 4 is 49.2 Å². The van der Waals surface area contributed by atoms with Crippen LogP contribution < -0.4 is 5.32 Å². The number of nitrogens with one attached hydrogen (secondary N) is 1. The van der Waals surface area contributed by atoms with Crippen molar-refractivity contribution in [3.8, 4) is 11.1 Å². The molecule has 4 rings (SSSR count). The van der Waals surface area contributed by atoms with E-state index < -0.39 is 8.32 Å². The zero-order valence-corrected chi connectivity index (χ0v) is 31.9. The molecular weight excluding hydrogens is 649 g/mol. The lowest BCUT2D eigenvalue weighted by atomic mass is 9.92. The highest BCUT2D eigenvalue weighted by Gasteiger charge is 2.47. The van der Waals surface area contributed by atoms with E-state index in [0.717, 1.165) is 55.3 Å². The number of likely N-dealkylation sites (tertiary alicyclic amines) is 1. The van der Waals surface area contributed by atoms with Crippen molar-refractivity contribution in [3.05, 3.63) is 57.6 Å². The maximum Gasteiger partial charge on any atom is 0.251 e. The zero-order chi connectivity index (χ0) is 34.6. The van der Waals surface area contributed by atoms with Crippen LogP contribution in [-0.4, -0.2) is 75.2 Å². The second-order valence-electron chi connectivity index (χ2n) is 14.6. The summed E-state index contributed by atoms with van der Waals surface area (Å²) >= 11 is 13.6. The standard InChI is InChI=1S/C37H53Cl2N3O4Si/c1-23(2)47(24(3)4,25(5)6)46-31-15-13-30(14-16-31)42-18-17-28(37(42)45)19-32-33(38)20-29(21-34(32)39)26-9-11-27(12-10-26)36(44)40-22-35(43)41(7)8/h9-12,20-21,23-25,28,30-31H,13-19,22H2,1-8H3,(H,40,44)/t28-,30?,31?/m0/s1. The lowest BCUT2D eigenvalue weighted by molar-refractivity contribution is -0.133. The average molecular weight is 703 g/mol. The normalized spacial score (nSPS) is 20.4. The molecule has 1 aliphatic carbocycles. The summed E-state index contributed by atoms with van der Waals surface area (Å²) in [5.41, 5.74) is 4.65. The van der Waals surface area contributed by atoms with Gasteiger partial charge in [-0.15, -0.1) is 0 Å². The van der Waals surface area contributed by atoms with E-state index in [2.05, 4.69) is 51.8 Å². The van der Waals surface area contributed by atoms with Crippen LogP contribution in [0.5, 0.6) is 0 Å². The predicted molar refractivity (Wildman–Crippen MR) is 195 cm³/mol. The largest absolute Gasteiger partial charge is 0.413 e. The Bertz CT molecular complexity index is 1380. The summed E-state index contributed by atoms with van der Waals surface area (Å²) in [6.07, 6.45) is 5.63. The molecule has 1 atom stereocenters. The minimum atomic E-state index is -1.92. The Hall–Kier alpha value is -2.39. The predicted octanol–water partition coefficient (Wildman–Crippen LogP) is 8.37. The number of likely N-dealkylation sites (N-methyl/N-ethyl adjacent to an activating group) is 1. The fourth-order valence-electron chi connectivity index (χ4n) is 7.93. The van der Waals surface area contributed by atoms with E-state index in [1.54, 1.807) is 26.2 Å². The third-order valence-electron chi connectivity index (χ3n) is 10.5. The summed E-state index contributed by atoms with van der Waals surface area (Å²) in [7, 11) is 1.37. The molecule has 2 aromatic rings. The number of carbonyl (C=O) groups is 3. The van der Waals surface area contributed by atoms with E-state index in [-0.39, 0.29) is 36.2 Å². The second kappa shape index (κ2) is 15.9. The van der Waals surface area contributed by atoms with Crippen LogP contribution in [0.4, 0.5) is 0 Å². The lowest BCUT2D eigenvalue weighted by Gasteiger charge is -2.46. The number of halogens is 2. The second-order valence-corrected chi connectivity index (χ2v) is 20.8. The van der Waals surface area contributed by atoms with Gasteiger partial charge in [-0.05, 0) is 96.1 Å². The molecule has 1 saturated carbocycles. The van der Waals surface area contributed by atoms with Crippen LogP contribution in [0.1, 0.15) is 89.6 Å². The van der Waals surface area contributed by atoms with Gasteiger partial charge in [0.1, 0.15) is 0 Å². The Morgan fingerprint density at radius 3 is 1.96 bits per heavy atom. The van der Waals surface area contributed by atoms with Gasteiger partial charge in [-0.2, -0.15) is 0 Å². The highest BCUT2D eigenvalue weighted by Crippen LogP contribution is 2.45. The van der Waals surface area contributed by atoms with Gasteiger partial charge in [0.25, 0.3) is 5.91 Å². The lowest BCUT2D eigenvalue weighted by Crippen LogP contribution is -2.51. The summed E-state index contributed by atoms with van der Waals surface area (Å²) in [5.74, 6) is -0.421. The van der Waals surface area contributed by atoms with E-state index in [1.807, 2.05) is 24.3 Å². The molecule has 0 unspecified atom stereocenters. The van der Waals surface area contributed by atoms with Gasteiger partial charge in [0.2, 0.25) is 20.1 Å². The number of amides is 3. The van der Waals surface area contributed by atoms with Crippen LogP contribution in [0.25, 0.3) is 11.1 Å². The Morgan fingerprint density at radius 2 is 1.45 bits per heavy atom. The molecule has 0 spiro atoms. The van der Waals surface area contributed by atoms with Crippen molar-refractivity contribution in [2.75, 3.05) is 27.2 Å². The molecule has 47 heavy (non-hydrogen) atoms. The molecule has 1 heterocycles. The monoisotopic (exact) mass is 701 g/mol. The van der Waals surface area contributed by atoms with Crippen LogP contribution in [0.2, 0.25) is 26.7 Å². The molecule has 0 aromatic heterocycles. The van der Waals surface area contributed by atoms with Gasteiger partial charge >= 0.3 is 0 Å². The summed E-state index contributed by atoms with van der Waals surface area (Å²) in [6, 6.07) is 11.1. The van der Waals surface area contributed by atoms with Gasteiger partial charge in [-0.3, -0.25) is 14.4 Å². The summed E-state index contributed by atoms with van der Waals surface area (Å²) < 4.78 is 7.09. The van der Waals surface area contributed by atoms with Gasteiger partial charge in [-0.25, -0.2) is 0 Å². The number of nitrogens with zero attached hydrogens (tertiary/aromatic N) is 2. The molecule has 0 radical (unpaired) electrons. The van der Waals surface area contributed by atoms with Crippen LogP contribution in [0.15, 0.2) is 36.4 Å². The Kier molecular flexibility index (Phi) is 12.6. The third-order valence-corrected chi connectivity index (χ3v) is 17.3. The molecule has 1 saturated heterocycles.